The van der Waals surface area contributed by atoms with Crippen LogP contribution < -0.4 is 4.90 Å². The molecule has 1 heterocycles. The number of amides is 1. The first-order valence-corrected chi connectivity index (χ1v) is 4.62. The lowest BCUT2D eigenvalue weighted by atomic mass is 10.0. The molecule has 0 fully saturated rings. The molecule has 2 rings (SSSR count). The Balaban J connectivity index is 2.41. The van der Waals surface area contributed by atoms with Crippen LogP contribution in [0, 0.1) is 11.3 Å². The fraction of sp³-hybridized carbons (Fsp3) is 0.273. The summed E-state index contributed by atoms with van der Waals surface area (Å²) in [5.74, 6) is -0.461. The molecule has 3 nitrogen and oxygen atoms in total. The van der Waals surface area contributed by atoms with Crippen molar-refractivity contribution in [3.05, 3.63) is 29.8 Å². The maximum absolute atomic E-state index is 11.3. The van der Waals surface area contributed by atoms with Crippen molar-refractivity contribution in [3.8, 4) is 6.07 Å². The molecule has 0 bridgehead atoms. The number of hydrogen-bond acceptors (Lipinski definition) is 2. The molecule has 1 amide bonds. The van der Waals surface area contributed by atoms with E-state index in [-0.39, 0.29) is 0 Å². The van der Waals surface area contributed by atoms with Gasteiger partial charge in [-0.2, -0.15) is 5.26 Å². The molecule has 0 spiro atoms. The van der Waals surface area contributed by atoms with Crippen LogP contribution in [0.3, 0.4) is 0 Å². The number of nitriles is 1. The van der Waals surface area contributed by atoms with Gasteiger partial charge in [-0.3, -0.25) is 9.69 Å². The first kappa shape index (κ1) is 8.76. The summed E-state index contributed by atoms with van der Waals surface area (Å²) in [6, 6.07) is 9.41. The topological polar surface area (TPSA) is 44.1 Å². The van der Waals surface area contributed by atoms with E-state index in [4.69, 9.17) is 5.26 Å². The van der Waals surface area contributed by atoms with Gasteiger partial charge in [-0.25, -0.2) is 0 Å². The third-order valence-corrected chi connectivity index (χ3v) is 2.45. The van der Waals surface area contributed by atoms with Crippen LogP contribution in [-0.2, 0) is 11.2 Å². The summed E-state index contributed by atoms with van der Waals surface area (Å²) >= 11 is 0. The number of nitrogens with zero attached hydrogens (tertiary/aromatic N) is 2. The molecule has 14 heavy (non-hydrogen) atoms. The average Bonchev–Trinajstić information content (AvgIpc) is 2.27. The summed E-state index contributed by atoms with van der Waals surface area (Å²) < 4.78 is 0. The number of carbonyl (C=O) groups is 1. The molecule has 0 saturated carbocycles. The molecular formula is C11H10N2O. The van der Waals surface area contributed by atoms with Crippen LogP contribution in [0.4, 0.5) is 5.69 Å². The van der Waals surface area contributed by atoms with Gasteiger partial charge >= 0.3 is 5.91 Å². The van der Waals surface area contributed by atoms with Crippen LogP contribution in [0.2, 0.25) is 0 Å². The lowest BCUT2D eigenvalue weighted by molar-refractivity contribution is -0.113. The van der Waals surface area contributed by atoms with Gasteiger partial charge < -0.3 is 0 Å². The van der Waals surface area contributed by atoms with E-state index in [1.165, 1.54) is 0 Å². The highest BCUT2D eigenvalue weighted by molar-refractivity contribution is 6.04. The summed E-state index contributed by atoms with van der Waals surface area (Å²) in [5, 5.41) is 8.57. The van der Waals surface area contributed by atoms with E-state index in [0.717, 1.165) is 24.1 Å². The number of fused-ring (bicyclic) bond motifs is 1. The minimum Gasteiger partial charge on any atom is -0.300 e. The van der Waals surface area contributed by atoms with Crippen molar-refractivity contribution in [2.24, 2.45) is 0 Å². The van der Waals surface area contributed by atoms with Crippen molar-refractivity contribution in [1.29, 1.82) is 5.26 Å². The van der Waals surface area contributed by atoms with Gasteiger partial charge in [-0.1, -0.05) is 18.2 Å². The summed E-state index contributed by atoms with van der Waals surface area (Å²) in [5.41, 5.74) is 2.05. The van der Waals surface area contributed by atoms with Crippen LogP contribution in [0.1, 0.15) is 12.0 Å². The van der Waals surface area contributed by atoms with E-state index >= 15 is 0 Å². The van der Waals surface area contributed by atoms with Crippen molar-refractivity contribution >= 4 is 11.6 Å². The fourth-order valence-electron chi connectivity index (χ4n) is 1.80. The van der Waals surface area contributed by atoms with E-state index < -0.39 is 5.91 Å². The lowest BCUT2D eigenvalue weighted by Crippen LogP contribution is -2.34. The Morgan fingerprint density at radius 1 is 1.43 bits per heavy atom. The summed E-state index contributed by atoms with van der Waals surface area (Å²) in [6.45, 7) is 0.656. The molecule has 70 valence electrons. The summed E-state index contributed by atoms with van der Waals surface area (Å²) in [7, 11) is 0. The Morgan fingerprint density at radius 2 is 2.21 bits per heavy atom. The number of benzene rings is 1. The molecule has 1 aromatic rings. The molecule has 0 unspecified atom stereocenters. The maximum atomic E-state index is 11.3. The van der Waals surface area contributed by atoms with Gasteiger partial charge in [0, 0.05) is 12.2 Å². The standard InChI is InChI=1S/C11H10N2O/c12-8-11(14)13-7-3-5-9-4-1-2-6-10(9)13/h1-2,4,6H,3,5,7H2. The molecule has 0 aliphatic carbocycles. The second kappa shape index (κ2) is 3.51. The van der Waals surface area contributed by atoms with E-state index in [1.807, 2.05) is 24.3 Å². The number of carbonyl (C=O) groups excluding carboxylic acids is 1. The normalized spacial score (nSPS) is 14.4. The quantitative estimate of drug-likeness (QED) is 0.576. The van der Waals surface area contributed by atoms with E-state index in [1.54, 1.807) is 11.0 Å². The number of anilines is 1. The van der Waals surface area contributed by atoms with Gasteiger partial charge in [0.05, 0.1) is 0 Å². The lowest BCUT2D eigenvalue weighted by Gasteiger charge is -2.27. The van der Waals surface area contributed by atoms with Gasteiger partial charge in [-0.15, -0.1) is 0 Å². The Bertz CT molecular complexity index is 406. The first-order valence-electron chi connectivity index (χ1n) is 4.62. The molecule has 0 N–H and O–H groups in total. The van der Waals surface area contributed by atoms with Crippen molar-refractivity contribution in [3.63, 3.8) is 0 Å². The molecule has 1 aromatic carbocycles. The van der Waals surface area contributed by atoms with Gasteiger partial charge in [0.25, 0.3) is 0 Å². The van der Waals surface area contributed by atoms with Crippen LogP contribution in [0.5, 0.6) is 0 Å². The molecule has 0 atom stereocenters. The largest absolute Gasteiger partial charge is 0.329 e. The summed E-state index contributed by atoms with van der Waals surface area (Å²) in [4.78, 5) is 12.8. The van der Waals surface area contributed by atoms with Crippen molar-refractivity contribution in [2.75, 3.05) is 11.4 Å². The van der Waals surface area contributed by atoms with Crippen LogP contribution in [-0.4, -0.2) is 12.5 Å². The maximum Gasteiger partial charge on any atom is 0.329 e. The second-order valence-corrected chi connectivity index (χ2v) is 3.30. The zero-order valence-corrected chi connectivity index (χ0v) is 7.73. The van der Waals surface area contributed by atoms with Crippen molar-refractivity contribution in [2.45, 2.75) is 12.8 Å². The third kappa shape index (κ3) is 1.35. The van der Waals surface area contributed by atoms with Gasteiger partial charge in [0.2, 0.25) is 0 Å². The van der Waals surface area contributed by atoms with Gasteiger partial charge in [0.15, 0.2) is 6.07 Å². The minimum absolute atomic E-state index is 0.461. The predicted molar refractivity (Wildman–Crippen MR) is 52.7 cm³/mol. The predicted octanol–water partition coefficient (Wildman–Crippen LogP) is 1.49. The summed E-state index contributed by atoms with van der Waals surface area (Å²) in [6.07, 6.45) is 1.93. The smallest absolute Gasteiger partial charge is 0.300 e. The number of rotatable bonds is 0. The molecule has 0 saturated heterocycles. The fourth-order valence-corrected chi connectivity index (χ4v) is 1.80. The average molecular weight is 186 g/mol. The zero-order valence-electron chi connectivity index (χ0n) is 7.73. The van der Waals surface area contributed by atoms with E-state index in [2.05, 4.69) is 0 Å². The SMILES string of the molecule is N#CC(=O)N1CCCc2ccccc21. The van der Waals surface area contributed by atoms with Gasteiger partial charge in [-0.05, 0) is 24.5 Å². The third-order valence-electron chi connectivity index (χ3n) is 2.45. The highest BCUT2D eigenvalue weighted by Crippen LogP contribution is 2.26. The number of para-hydroxylation sites is 1. The minimum atomic E-state index is -0.461. The van der Waals surface area contributed by atoms with E-state index in [0.29, 0.717) is 6.54 Å². The molecule has 0 aromatic heterocycles. The Kier molecular flexibility index (Phi) is 2.19. The van der Waals surface area contributed by atoms with Crippen LogP contribution in [0.15, 0.2) is 24.3 Å². The number of aryl methyl sites for hydroxylation is 1. The highest BCUT2D eigenvalue weighted by atomic mass is 16.2. The molecule has 3 heteroatoms. The van der Waals surface area contributed by atoms with Crippen molar-refractivity contribution in [1.82, 2.24) is 0 Å². The van der Waals surface area contributed by atoms with Crippen LogP contribution >= 0.6 is 0 Å². The number of hydrogen-bond donors (Lipinski definition) is 0. The zero-order chi connectivity index (χ0) is 9.97. The van der Waals surface area contributed by atoms with Crippen molar-refractivity contribution < 1.29 is 4.79 Å². The second-order valence-electron chi connectivity index (χ2n) is 3.30. The van der Waals surface area contributed by atoms with E-state index in [9.17, 15) is 4.79 Å². The molecule has 1 aliphatic heterocycles. The first-order chi connectivity index (χ1) is 6.83. The molecule has 1 aliphatic rings. The Hall–Kier alpha value is -1.82. The highest BCUT2D eigenvalue weighted by Gasteiger charge is 2.21. The van der Waals surface area contributed by atoms with Gasteiger partial charge in [0.1, 0.15) is 0 Å². The van der Waals surface area contributed by atoms with Crippen LogP contribution in [0.25, 0.3) is 0 Å². The Labute approximate surface area is 82.6 Å². The monoisotopic (exact) mass is 186 g/mol. The molecular weight excluding hydrogens is 176 g/mol. The Morgan fingerprint density at radius 3 is 3.00 bits per heavy atom. The molecule has 0 radical (unpaired) electrons.